The van der Waals surface area contributed by atoms with E-state index in [1.165, 1.54) is 43.4 Å². The van der Waals surface area contributed by atoms with Crippen molar-refractivity contribution >= 4 is 35.6 Å². The number of halogens is 1. The second-order valence-electron chi connectivity index (χ2n) is 7.54. The van der Waals surface area contributed by atoms with Gasteiger partial charge in [-0.05, 0) is 43.0 Å². The number of rotatable bonds is 8. The molecule has 0 bridgehead atoms. The maximum Gasteiger partial charge on any atom is 0.191 e. The highest BCUT2D eigenvalue weighted by Crippen LogP contribution is 2.26. The monoisotopic (exact) mass is 510 g/mol. The van der Waals surface area contributed by atoms with E-state index in [1.54, 1.807) is 0 Å². The Hall–Kier alpha value is -1.77. The van der Waals surface area contributed by atoms with Crippen LogP contribution in [0.4, 0.5) is 5.69 Å². The van der Waals surface area contributed by atoms with Crippen molar-refractivity contribution in [3.8, 4) is 0 Å². The van der Waals surface area contributed by atoms with E-state index in [-0.39, 0.29) is 24.0 Å². The average molecular weight is 510 g/mol. The van der Waals surface area contributed by atoms with Crippen LogP contribution in [-0.4, -0.2) is 42.4 Å². The molecule has 2 N–H and O–H groups in total. The Balaban J connectivity index is 0.00000300. The van der Waals surface area contributed by atoms with Crippen LogP contribution in [0.25, 0.3) is 0 Å². The Labute approximate surface area is 192 Å². The molecule has 1 saturated carbocycles. The van der Waals surface area contributed by atoms with Gasteiger partial charge in [0.15, 0.2) is 5.96 Å². The first-order valence-electron chi connectivity index (χ1n) is 10.5. The van der Waals surface area contributed by atoms with Crippen molar-refractivity contribution in [3.63, 3.8) is 0 Å². The van der Waals surface area contributed by atoms with Crippen LogP contribution in [0.3, 0.4) is 0 Å². The number of aliphatic imine (C=N–C) groups is 1. The maximum atomic E-state index is 4.31. The van der Waals surface area contributed by atoms with Gasteiger partial charge in [0.25, 0.3) is 0 Å². The highest BCUT2D eigenvalue weighted by molar-refractivity contribution is 14.0. The molecule has 0 spiro atoms. The molecule has 2 aromatic rings. The van der Waals surface area contributed by atoms with Crippen LogP contribution >= 0.6 is 24.0 Å². The molecule has 160 valence electrons. The summed E-state index contributed by atoms with van der Waals surface area (Å²) in [6, 6.07) is 11.6. The van der Waals surface area contributed by atoms with Crippen molar-refractivity contribution in [3.05, 3.63) is 48.3 Å². The molecule has 7 heteroatoms. The van der Waals surface area contributed by atoms with E-state index in [4.69, 9.17) is 0 Å². The summed E-state index contributed by atoms with van der Waals surface area (Å²) >= 11 is 0. The van der Waals surface area contributed by atoms with Crippen LogP contribution in [0.15, 0.2) is 47.7 Å². The Morgan fingerprint density at radius 2 is 1.93 bits per heavy atom. The van der Waals surface area contributed by atoms with E-state index < -0.39 is 0 Å². The van der Waals surface area contributed by atoms with Gasteiger partial charge in [-0.15, -0.1) is 24.0 Å². The highest BCUT2D eigenvalue weighted by atomic mass is 127. The zero-order valence-corrected chi connectivity index (χ0v) is 20.0. The molecule has 1 aromatic carbocycles. The summed E-state index contributed by atoms with van der Waals surface area (Å²) in [5.74, 6) is 0.837. The SMILES string of the molecule is CN=C(NCCCn1cccn1)NCc1ccc(N(C)C2CCCCC2)cc1.I. The topological polar surface area (TPSA) is 57.5 Å². The van der Waals surface area contributed by atoms with Crippen molar-refractivity contribution < 1.29 is 0 Å². The Kier molecular flexibility index (Phi) is 10.3. The lowest BCUT2D eigenvalue weighted by Crippen LogP contribution is -2.37. The summed E-state index contributed by atoms with van der Waals surface area (Å²) in [5, 5.41) is 11.0. The molecule has 0 amide bonds. The molecule has 0 aliphatic heterocycles. The van der Waals surface area contributed by atoms with Crippen LogP contribution < -0.4 is 15.5 Å². The van der Waals surface area contributed by atoms with Gasteiger partial charge in [0.1, 0.15) is 0 Å². The van der Waals surface area contributed by atoms with Crippen molar-refractivity contribution in [2.75, 3.05) is 25.5 Å². The number of anilines is 1. The lowest BCUT2D eigenvalue weighted by molar-refractivity contribution is 0.427. The van der Waals surface area contributed by atoms with E-state index in [9.17, 15) is 0 Å². The minimum absolute atomic E-state index is 0. The number of aryl methyl sites for hydroxylation is 1. The van der Waals surface area contributed by atoms with Crippen molar-refractivity contribution in [1.29, 1.82) is 0 Å². The fraction of sp³-hybridized carbons (Fsp3) is 0.545. The van der Waals surface area contributed by atoms with Gasteiger partial charge in [0.2, 0.25) is 0 Å². The van der Waals surface area contributed by atoms with Gasteiger partial charge >= 0.3 is 0 Å². The molecule has 1 heterocycles. The third-order valence-electron chi connectivity index (χ3n) is 5.57. The van der Waals surface area contributed by atoms with Crippen molar-refractivity contribution in [2.24, 2.45) is 4.99 Å². The first-order valence-corrected chi connectivity index (χ1v) is 10.5. The third kappa shape index (κ3) is 7.53. The standard InChI is InChI=1S/C22H34N6.HI/c1-23-22(24-14-6-16-28-17-7-15-26-28)25-18-19-10-12-21(13-11-19)27(2)20-8-4-3-5-9-20;/h7,10-13,15,17,20H,3-6,8-9,14,16,18H2,1-2H3,(H2,23,24,25);1H. The molecule has 1 aromatic heterocycles. The zero-order valence-electron chi connectivity index (χ0n) is 17.7. The third-order valence-corrected chi connectivity index (χ3v) is 5.57. The number of hydrogen-bond acceptors (Lipinski definition) is 3. The Morgan fingerprint density at radius 3 is 2.59 bits per heavy atom. The first kappa shape index (κ1) is 23.5. The summed E-state index contributed by atoms with van der Waals surface area (Å²) in [6.07, 6.45) is 11.6. The number of benzene rings is 1. The Bertz CT molecular complexity index is 707. The summed E-state index contributed by atoms with van der Waals surface area (Å²) in [5.41, 5.74) is 2.58. The van der Waals surface area contributed by atoms with Gasteiger partial charge in [-0.2, -0.15) is 5.10 Å². The van der Waals surface area contributed by atoms with E-state index in [1.807, 2.05) is 30.2 Å². The summed E-state index contributed by atoms with van der Waals surface area (Å²) in [6.45, 7) is 2.55. The minimum atomic E-state index is 0. The largest absolute Gasteiger partial charge is 0.372 e. The molecule has 0 saturated heterocycles. The predicted molar refractivity (Wildman–Crippen MR) is 132 cm³/mol. The molecule has 3 rings (SSSR count). The fourth-order valence-corrected chi connectivity index (χ4v) is 3.82. The van der Waals surface area contributed by atoms with Gasteiger partial charge in [-0.3, -0.25) is 9.67 Å². The number of hydrogen-bond donors (Lipinski definition) is 2. The van der Waals surface area contributed by atoms with Crippen LogP contribution in [0, 0.1) is 0 Å². The van der Waals surface area contributed by atoms with Gasteiger partial charge in [0.05, 0.1) is 0 Å². The summed E-state index contributed by atoms with van der Waals surface area (Å²) < 4.78 is 1.95. The zero-order chi connectivity index (χ0) is 19.6. The molecule has 29 heavy (non-hydrogen) atoms. The quantitative estimate of drug-likeness (QED) is 0.244. The van der Waals surface area contributed by atoms with E-state index in [0.717, 1.165) is 32.0 Å². The summed E-state index contributed by atoms with van der Waals surface area (Å²) in [4.78, 5) is 6.76. The van der Waals surface area contributed by atoms with Crippen LogP contribution in [0.1, 0.15) is 44.1 Å². The molecular formula is C22H35IN6. The van der Waals surface area contributed by atoms with Crippen LogP contribution in [-0.2, 0) is 13.1 Å². The first-order chi connectivity index (χ1) is 13.8. The maximum absolute atomic E-state index is 4.31. The number of aromatic nitrogens is 2. The fourth-order valence-electron chi connectivity index (χ4n) is 3.82. The van der Waals surface area contributed by atoms with Gasteiger partial charge in [-0.25, -0.2) is 0 Å². The molecule has 0 unspecified atom stereocenters. The van der Waals surface area contributed by atoms with Crippen LogP contribution in [0.2, 0.25) is 0 Å². The molecule has 1 fully saturated rings. The van der Waals surface area contributed by atoms with E-state index >= 15 is 0 Å². The molecule has 1 aliphatic rings. The molecule has 0 atom stereocenters. The molecule has 6 nitrogen and oxygen atoms in total. The lowest BCUT2D eigenvalue weighted by Gasteiger charge is -2.33. The highest BCUT2D eigenvalue weighted by Gasteiger charge is 2.18. The van der Waals surface area contributed by atoms with Crippen LogP contribution in [0.5, 0.6) is 0 Å². The van der Waals surface area contributed by atoms with Crippen molar-refractivity contribution in [1.82, 2.24) is 20.4 Å². The molecular weight excluding hydrogens is 475 g/mol. The number of nitrogens with zero attached hydrogens (tertiary/aromatic N) is 4. The number of nitrogens with one attached hydrogen (secondary N) is 2. The Morgan fingerprint density at radius 1 is 1.17 bits per heavy atom. The number of guanidine groups is 1. The molecule has 0 radical (unpaired) electrons. The summed E-state index contributed by atoms with van der Waals surface area (Å²) in [7, 11) is 4.04. The van der Waals surface area contributed by atoms with E-state index in [2.05, 4.69) is 56.9 Å². The van der Waals surface area contributed by atoms with Gasteiger partial charge in [-0.1, -0.05) is 31.4 Å². The minimum Gasteiger partial charge on any atom is -0.372 e. The van der Waals surface area contributed by atoms with Gasteiger partial charge in [0, 0.05) is 57.9 Å². The lowest BCUT2D eigenvalue weighted by atomic mass is 9.94. The predicted octanol–water partition coefficient (Wildman–Crippen LogP) is 4.03. The average Bonchev–Trinajstić information content (AvgIpc) is 3.27. The van der Waals surface area contributed by atoms with Crippen molar-refractivity contribution in [2.45, 2.75) is 57.7 Å². The molecule has 1 aliphatic carbocycles. The normalized spacial score (nSPS) is 14.9. The second kappa shape index (κ2) is 12.7. The van der Waals surface area contributed by atoms with Gasteiger partial charge < -0.3 is 15.5 Å². The second-order valence-corrected chi connectivity index (χ2v) is 7.54. The smallest absolute Gasteiger partial charge is 0.191 e. The van der Waals surface area contributed by atoms with E-state index in [0.29, 0.717) is 6.04 Å².